The van der Waals surface area contributed by atoms with Crippen molar-refractivity contribution in [2.75, 3.05) is 19.6 Å². The second kappa shape index (κ2) is 6.99. The summed E-state index contributed by atoms with van der Waals surface area (Å²) in [4.78, 5) is 3.65. The molecule has 0 aliphatic carbocycles. The van der Waals surface area contributed by atoms with Crippen LogP contribution < -0.4 is 14.9 Å². The second-order valence-corrected chi connectivity index (χ2v) is 4.38. The Morgan fingerprint density at radius 2 is 1.91 bits per heavy atom. The third kappa shape index (κ3) is 4.12. The number of pyridine rings is 1. The lowest BCUT2D eigenvalue weighted by Gasteiger charge is -2.09. The van der Waals surface area contributed by atoms with Crippen LogP contribution in [0.3, 0.4) is 0 Å². The molecule has 0 unspecified atom stereocenters. The van der Waals surface area contributed by atoms with Crippen molar-refractivity contribution in [2.24, 2.45) is 5.10 Å². The van der Waals surface area contributed by atoms with Crippen molar-refractivity contribution in [1.29, 1.82) is 0 Å². The van der Waals surface area contributed by atoms with E-state index in [1.54, 1.807) is 18.2 Å². The third-order valence-electron chi connectivity index (χ3n) is 2.91. The van der Waals surface area contributed by atoms with Gasteiger partial charge < -0.3 is 9.47 Å². The molecular weight excluding hydrogens is 311 g/mol. The standard InChI is InChI=1S/C15H14F3N3O2/c1-22-12-5-3-4-10(14(12)23-2)8-20-21-13-7-6-11(9-19-13)15(16,17)18/h3-9H,1-2H3,(H,19,21)/b20-8-. The van der Waals surface area contributed by atoms with E-state index in [1.807, 2.05) is 0 Å². The van der Waals surface area contributed by atoms with Crippen LogP contribution in [0, 0.1) is 0 Å². The SMILES string of the molecule is COc1cccc(/C=N\Nc2ccc(C(F)(F)F)cn2)c1OC. The summed E-state index contributed by atoms with van der Waals surface area (Å²) in [6.07, 6.45) is -2.21. The predicted molar refractivity (Wildman–Crippen MR) is 80.0 cm³/mol. The Hall–Kier alpha value is -2.77. The van der Waals surface area contributed by atoms with Crippen molar-refractivity contribution >= 4 is 12.0 Å². The van der Waals surface area contributed by atoms with Crippen LogP contribution in [-0.2, 0) is 6.18 Å². The minimum Gasteiger partial charge on any atom is -0.493 e. The van der Waals surface area contributed by atoms with Crippen molar-refractivity contribution in [3.05, 3.63) is 47.7 Å². The molecule has 8 heteroatoms. The number of benzene rings is 1. The first-order chi connectivity index (χ1) is 11.0. The molecule has 1 heterocycles. The second-order valence-electron chi connectivity index (χ2n) is 4.38. The van der Waals surface area contributed by atoms with Crippen LogP contribution >= 0.6 is 0 Å². The fraction of sp³-hybridized carbons (Fsp3) is 0.200. The average molecular weight is 325 g/mol. The zero-order valence-electron chi connectivity index (χ0n) is 12.4. The number of aromatic nitrogens is 1. The van der Waals surface area contributed by atoms with Crippen molar-refractivity contribution in [2.45, 2.75) is 6.18 Å². The Kier molecular flexibility index (Phi) is 5.05. The molecule has 2 rings (SSSR count). The number of hydrogen-bond acceptors (Lipinski definition) is 5. The quantitative estimate of drug-likeness (QED) is 0.674. The van der Waals surface area contributed by atoms with E-state index in [4.69, 9.17) is 9.47 Å². The highest BCUT2D eigenvalue weighted by molar-refractivity contribution is 5.85. The Morgan fingerprint density at radius 1 is 1.13 bits per heavy atom. The van der Waals surface area contributed by atoms with Crippen LogP contribution in [0.15, 0.2) is 41.6 Å². The van der Waals surface area contributed by atoms with Crippen molar-refractivity contribution < 1.29 is 22.6 Å². The number of hydrazone groups is 1. The number of rotatable bonds is 5. The van der Waals surface area contributed by atoms with Gasteiger partial charge in [0.25, 0.3) is 0 Å². The summed E-state index contributed by atoms with van der Waals surface area (Å²) in [5.74, 6) is 1.24. The lowest BCUT2D eigenvalue weighted by atomic mass is 10.2. The lowest BCUT2D eigenvalue weighted by molar-refractivity contribution is -0.137. The van der Waals surface area contributed by atoms with E-state index in [2.05, 4.69) is 15.5 Å². The first-order valence-corrected chi connectivity index (χ1v) is 6.49. The molecule has 0 amide bonds. The van der Waals surface area contributed by atoms with Gasteiger partial charge in [-0.15, -0.1) is 0 Å². The van der Waals surface area contributed by atoms with Gasteiger partial charge in [-0.2, -0.15) is 18.3 Å². The number of nitrogens with one attached hydrogen (secondary N) is 1. The molecule has 1 aromatic heterocycles. The molecule has 2 aromatic rings. The van der Waals surface area contributed by atoms with Gasteiger partial charge in [0.2, 0.25) is 0 Å². The van der Waals surface area contributed by atoms with E-state index in [0.717, 1.165) is 12.3 Å². The molecule has 122 valence electrons. The molecule has 0 aliphatic rings. The molecular formula is C15H14F3N3O2. The fourth-order valence-electron chi connectivity index (χ4n) is 1.81. The van der Waals surface area contributed by atoms with Gasteiger partial charge in [0.15, 0.2) is 11.5 Å². The molecule has 0 atom stereocenters. The van der Waals surface area contributed by atoms with Gasteiger partial charge in [-0.05, 0) is 24.3 Å². The van der Waals surface area contributed by atoms with Gasteiger partial charge in [0.1, 0.15) is 5.82 Å². The van der Waals surface area contributed by atoms with E-state index in [9.17, 15) is 13.2 Å². The van der Waals surface area contributed by atoms with Gasteiger partial charge in [-0.1, -0.05) is 6.07 Å². The molecule has 0 aliphatic heterocycles. The Bertz CT molecular complexity index is 685. The average Bonchev–Trinajstić information content (AvgIpc) is 2.54. The normalized spacial score (nSPS) is 11.5. The van der Waals surface area contributed by atoms with Gasteiger partial charge in [0, 0.05) is 11.8 Å². The van der Waals surface area contributed by atoms with Crippen LogP contribution in [0.2, 0.25) is 0 Å². The molecule has 1 aromatic carbocycles. The molecule has 0 radical (unpaired) electrons. The minimum absolute atomic E-state index is 0.191. The molecule has 0 bridgehead atoms. The van der Waals surface area contributed by atoms with Crippen molar-refractivity contribution in [3.8, 4) is 11.5 Å². The number of ether oxygens (including phenoxy) is 2. The van der Waals surface area contributed by atoms with Crippen LogP contribution in [0.25, 0.3) is 0 Å². The number of alkyl halides is 3. The number of nitrogens with zero attached hydrogens (tertiary/aromatic N) is 2. The fourth-order valence-corrected chi connectivity index (χ4v) is 1.81. The van der Waals surface area contributed by atoms with E-state index >= 15 is 0 Å². The molecule has 0 spiro atoms. The Morgan fingerprint density at radius 3 is 2.48 bits per heavy atom. The van der Waals surface area contributed by atoms with Gasteiger partial charge in [-0.3, -0.25) is 5.43 Å². The first-order valence-electron chi connectivity index (χ1n) is 6.49. The summed E-state index contributed by atoms with van der Waals surface area (Å²) < 4.78 is 47.7. The third-order valence-corrected chi connectivity index (χ3v) is 2.91. The van der Waals surface area contributed by atoms with Crippen LogP contribution in [0.1, 0.15) is 11.1 Å². The summed E-state index contributed by atoms with van der Waals surface area (Å²) in [5, 5.41) is 3.93. The summed E-state index contributed by atoms with van der Waals surface area (Å²) >= 11 is 0. The molecule has 23 heavy (non-hydrogen) atoms. The van der Waals surface area contributed by atoms with E-state index in [-0.39, 0.29) is 5.82 Å². The summed E-state index contributed by atoms with van der Waals surface area (Å²) in [7, 11) is 3.02. The van der Waals surface area contributed by atoms with Crippen molar-refractivity contribution in [1.82, 2.24) is 4.98 Å². The van der Waals surface area contributed by atoms with E-state index < -0.39 is 11.7 Å². The molecule has 5 nitrogen and oxygen atoms in total. The van der Waals surface area contributed by atoms with Crippen LogP contribution in [-0.4, -0.2) is 25.4 Å². The van der Waals surface area contributed by atoms with Crippen molar-refractivity contribution in [3.63, 3.8) is 0 Å². The zero-order chi connectivity index (χ0) is 16.9. The zero-order valence-corrected chi connectivity index (χ0v) is 12.4. The highest BCUT2D eigenvalue weighted by Crippen LogP contribution is 2.30. The summed E-state index contributed by atoms with van der Waals surface area (Å²) in [6.45, 7) is 0. The number of anilines is 1. The summed E-state index contributed by atoms with van der Waals surface area (Å²) in [5.41, 5.74) is 2.38. The Labute approximate surface area is 130 Å². The first kappa shape index (κ1) is 16.6. The maximum absolute atomic E-state index is 12.4. The largest absolute Gasteiger partial charge is 0.493 e. The maximum Gasteiger partial charge on any atom is 0.417 e. The minimum atomic E-state index is -4.41. The summed E-state index contributed by atoms with van der Waals surface area (Å²) in [6, 6.07) is 7.38. The predicted octanol–water partition coefficient (Wildman–Crippen LogP) is 3.56. The monoisotopic (exact) mass is 325 g/mol. The molecule has 1 N–H and O–H groups in total. The van der Waals surface area contributed by atoms with E-state index in [0.29, 0.717) is 17.1 Å². The molecule has 0 fully saturated rings. The highest BCUT2D eigenvalue weighted by Gasteiger charge is 2.30. The maximum atomic E-state index is 12.4. The number of hydrogen-bond donors (Lipinski definition) is 1. The van der Waals surface area contributed by atoms with Gasteiger partial charge in [-0.25, -0.2) is 4.98 Å². The molecule has 0 saturated carbocycles. The highest BCUT2D eigenvalue weighted by atomic mass is 19.4. The smallest absolute Gasteiger partial charge is 0.417 e. The molecule has 0 saturated heterocycles. The van der Waals surface area contributed by atoms with Crippen LogP contribution in [0.4, 0.5) is 19.0 Å². The lowest BCUT2D eigenvalue weighted by Crippen LogP contribution is -2.05. The van der Waals surface area contributed by atoms with Gasteiger partial charge >= 0.3 is 6.18 Å². The number of halogens is 3. The van der Waals surface area contributed by atoms with Crippen LogP contribution in [0.5, 0.6) is 11.5 Å². The van der Waals surface area contributed by atoms with Gasteiger partial charge in [0.05, 0.1) is 26.0 Å². The van der Waals surface area contributed by atoms with E-state index in [1.165, 1.54) is 26.5 Å². The number of para-hydroxylation sites is 1. The topological polar surface area (TPSA) is 55.7 Å². The Balaban J connectivity index is 2.10. The number of methoxy groups -OCH3 is 2.